The summed E-state index contributed by atoms with van der Waals surface area (Å²) >= 11 is 7.84. The number of rotatable bonds is 5. The van der Waals surface area contributed by atoms with Gasteiger partial charge >= 0.3 is 0 Å². The third-order valence-corrected chi connectivity index (χ3v) is 6.64. The Kier molecular flexibility index (Phi) is 6.20. The van der Waals surface area contributed by atoms with E-state index in [9.17, 15) is 4.79 Å². The Balaban J connectivity index is 1.29. The van der Waals surface area contributed by atoms with Gasteiger partial charge in [-0.25, -0.2) is 0 Å². The topological polar surface area (TPSA) is 58.6 Å². The van der Waals surface area contributed by atoms with Gasteiger partial charge in [-0.2, -0.15) is 0 Å². The van der Waals surface area contributed by atoms with Crippen molar-refractivity contribution in [1.82, 2.24) is 15.1 Å². The van der Waals surface area contributed by atoms with Gasteiger partial charge in [0.05, 0.1) is 4.88 Å². The normalized spacial score (nSPS) is 14.1. The number of aryl methyl sites for hydroxylation is 2. The highest BCUT2D eigenvalue weighted by atomic mass is 35.5. The molecule has 0 saturated carbocycles. The molecule has 0 spiro atoms. The number of anilines is 1. The molecule has 1 aliphatic rings. The largest absolute Gasteiger partial charge is 0.484 e. The van der Waals surface area contributed by atoms with Crippen molar-refractivity contribution in [1.29, 1.82) is 0 Å². The third-order valence-electron chi connectivity index (χ3n) is 5.15. The van der Waals surface area contributed by atoms with Crippen molar-refractivity contribution in [2.75, 3.05) is 37.7 Å². The van der Waals surface area contributed by atoms with Crippen LogP contribution in [0.3, 0.4) is 0 Å². The van der Waals surface area contributed by atoms with Crippen LogP contribution in [0, 0.1) is 13.8 Å². The van der Waals surface area contributed by atoms with Gasteiger partial charge in [0.25, 0.3) is 5.91 Å². The standard InChI is InChI=1S/C22H23ClN4O2S/c1-15-12-17(13-16(2)22(15)23)29-14-21(28)27-9-7-26(8-10-27)20-6-5-18(24-25-20)19-4-3-11-30-19/h3-6,11-13H,7-10,14H2,1-2H3. The molecule has 0 aliphatic carbocycles. The Labute approximate surface area is 185 Å². The minimum atomic E-state index is -0.0148. The first kappa shape index (κ1) is 20.6. The second kappa shape index (κ2) is 9.02. The van der Waals surface area contributed by atoms with E-state index in [4.69, 9.17) is 16.3 Å². The van der Waals surface area contributed by atoms with Crippen molar-refractivity contribution in [3.05, 3.63) is 57.9 Å². The zero-order valence-corrected chi connectivity index (χ0v) is 18.5. The highest BCUT2D eigenvalue weighted by Gasteiger charge is 2.22. The molecule has 3 aromatic rings. The number of ether oxygens (including phenoxy) is 1. The van der Waals surface area contributed by atoms with E-state index in [0.29, 0.717) is 18.8 Å². The van der Waals surface area contributed by atoms with Crippen LogP contribution in [0.5, 0.6) is 5.75 Å². The van der Waals surface area contributed by atoms with Gasteiger partial charge in [-0.05, 0) is 60.7 Å². The molecule has 0 radical (unpaired) electrons. The smallest absolute Gasteiger partial charge is 0.260 e. The van der Waals surface area contributed by atoms with Gasteiger partial charge in [-0.15, -0.1) is 21.5 Å². The maximum Gasteiger partial charge on any atom is 0.260 e. The van der Waals surface area contributed by atoms with E-state index < -0.39 is 0 Å². The average Bonchev–Trinajstić information content (AvgIpc) is 3.31. The molecule has 0 unspecified atom stereocenters. The van der Waals surface area contributed by atoms with Gasteiger partial charge in [0, 0.05) is 31.2 Å². The van der Waals surface area contributed by atoms with Gasteiger partial charge in [-0.3, -0.25) is 4.79 Å². The molecule has 30 heavy (non-hydrogen) atoms. The number of halogens is 1. The number of carbonyl (C=O) groups excluding carboxylic acids is 1. The molecule has 1 amide bonds. The number of hydrogen-bond acceptors (Lipinski definition) is 6. The first-order chi connectivity index (χ1) is 14.5. The fourth-order valence-corrected chi connectivity index (χ4v) is 4.26. The van der Waals surface area contributed by atoms with Crippen LogP contribution in [0.25, 0.3) is 10.6 Å². The maximum absolute atomic E-state index is 12.6. The van der Waals surface area contributed by atoms with Gasteiger partial charge in [0.1, 0.15) is 11.4 Å². The zero-order valence-electron chi connectivity index (χ0n) is 17.0. The first-order valence-corrected chi connectivity index (χ1v) is 11.1. The molecule has 1 aliphatic heterocycles. The Morgan fingerprint density at radius 1 is 1.10 bits per heavy atom. The summed E-state index contributed by atoms with van der Waals surface area (Å²) in [5, 5.41) is 11.5. The molecule has 8 heteroatoms. The van der Waals surface area contributed by atoms with E-state index in [1.165, 1.54) is 0 Å². The van der Waals surface area contributed by atoms with E-state index in [0.717, 1.165) is 45.6 Å². The van der Waals surface area contributed by atoms with Gasteiger partial charge in [-0.1, -0.05) is 17.7 Å². The number of carbonyl (C=O) groups is 1. The van der Waals surface area contributed by atoms with E-state index in [-0.39, 0.29) is 12.5 Å². The number of aromatic nitrogens is 2. The van der Waals surface area contributed by atoms with Crippen LogP contribution in [-0.2, 0) is 4.79 Å². The van der Waals surface area contributed by atoms with Crippen LogP contribution in [0.15, 0.2) is 41.8 Å². The molecule has 0 bridgehead atoms. The fraction of sp³-hybridized carbons (Fsp3) is 0.318. The SMILES string of the molecule is Cc1cc(OCC(=O)N2CCN(c3ccc(-c4cccs4)nn3)CC2)cc(C)c1Cl. The summed E-state index contributed by atoms with van der Waals surface area (Å²) in [5.41, 5.74) is 2.77. The summed E-state index contributed by atoms with van der Waals surface area (Å²) < 4.78 is 5.71. The van der Waals surface area contributed by atoms with Crippen LogP contribution < -0.4 is 9.64 Å². The fourth-order valence-electron chi connectivity index (χ4n) is 3.46. The quantitative estimate of drug-likeness (QED) is 0.592. The van der Waals surface area contributed by atoms with Crippen molar-refractivity contribution >= 4 is 34.7 Å². The molecule has 1 saturated heterocycles. The lowest BCUT2D eigenvalue weighted by Crippen LogP contribution is -2.50. The van der Waals surface area contributed by atoms with Gasteiger partial charge in [0.2, 0.25) is 0 Å². The van der Waals surface area contributed by atoms with E-state index >= 15 is 0 Å². The number of hydrogen-bond donors (Lipinski definition) is 0. The monoisotopic (exact) mass is 442 g/mol. The van der Waals surface area contributed by atoms with Crippen LogP contribution in [-0.4, -0.2) is 53.8 Å². The van der Waals surface area contributed by atoms with Crippen molar-refractivity contribution in [3.8, 4) is 16.3 Å². The van der Waals surface area contributed by atoms with Crippen LogP contribution in [0.2, 0.25) is 5.02 Å². The summed E-state index contributed by atoms with van der Waals surface area (Å²) in [4.78, 5) is 17.7. The number of piperazine rings is 1. The summed E-state index contributed by atoms with van der Waals surface area (Å²) in [6.45, 7) is 6.59. The van der Waals surface area contributed by atoms with E-state index in [1.54, 1.807) is 11.3 Å². The summed E-state index contributed by atoms with van der Waals surface area (Å²) in [5.74, 6) is 1.49. The van der Waals surface area contributed by atoms with Crippen molar-refractivity contribution in [2.24, 2.45) is 0 Å². The Morgan fingerprint density at radius 2 is 1.83 bits per heavy atom. The lowest BCUT2D eigenvalue weighted by Gasteiger charge is -2.35. The van der Waals surface area contributed by atoms with Crippen molar-refractivity contribution in [3.63, 3.8) is 0 Å². The average molecular weight is 443 g/mol. The Morgan fingerprint density at radius 3 is 2.43 bits per heavy atom. The van der Waals surface area contributed by atoms with E-state index in [1.807, 2.05) is 60.5 Å². The lowest BCUT2D eigenvalue weighted by atomic mass is 10.1. The highest BCUT2D eigenvalue weighted by Crippen LogP contribution is 2.26. The number of nitrogens with zero attached hydrogens (tertiary/aromatic N) is 4. The molecular formula is C22H23ClN4O2S. The summed E-state index contributed by atoms with van der Waals surface area (Å²) in [7, 11) is 0. The van der Waals surface area contributed by atoms with E-state index in [2.05, 4.69) is 15.1 Å². The highest BCUT2D eigenvalue weighted by molar-refractivity contribution is 7.13. The molecule has 0 atom stereocenters. The third kappa shape index (κ3) is 4.57. The molecule has 1 aromatic carbocycles. The number of amides is 1. The first-order valence-electron chi connectivity index (χ1n) is 9.81. The minimum absolute atomic E-state index is 0.0148. The molecule has 0 N–H and O–H groups in total. The minimum Gasteiger partial charge on any atom is -0.484 e. The van der Waals surface area contributed by atoms with Gasteiger partial charge in [0.15, 0.2) is 12.4 Å². The van der Waals surface area contributed by atoms with Crippen molar-refractivity contribution < 1.29 is 9.53 Å². The molecule has 3 heterocycles. The molecular weight excluding hydrogens is 420 g/mol. The second-order valence-electron chi connectivity index (χ2n) is 7.28. The Hall–Kier alpha value is -2.64. The molecule has 1 fully saturated rings. The molecule has 156 valence electrons. The van der Waals surface area contributed by atoms with Crippen molar-refractivity contribution in [2.45, 2.75) is 13.8 Å². The summed E-state index contributed by atoms with van der Waals surface area (Å²) in [6.07, 6.45) is 0. The number of benzene rings is 1. The van der Waals surface area contributed by atoms with Crippen LogP contribution in [0.4, 0.5) is 5.82 Å². The van der Waals surface area contributed by atoms with Gasteiger partial charge < -0.3 is 14.5 Å². The Bertz CT molecular complexity index is 993. The second-order valence-corrected chi connectivity index (χ2v) is 8.61. The van der Waals surface area contributed by atoms with Crippen LogP contribution in [0.1, 0.15) is 11.1 Å². The molecule has 2 aromatic heterocycles. The molecule has 6 nitrogen and oxygen atoms in total. The lowest BCUT2D eigenvalue weighted by molar-refractivity contribution is -0.133. The maximum atomic E-state index is 12.6. The zero-order chi connectivity index (χ0) is 21.1. The predicted molar refractivity (Wildman–Crippen MR) is 121 cm³/mol. The predicted octanol–water partition coefficient (Wildman–Crippen LogP) is 4.20. The van der Waals surface area contributed by atoms with Crippen LogP contribution >= 0.6 is 22.9 Å². The molecule has 4 rings (SSSR count). The number of thiophene rings is 1. The summed E-state index contributed by atoms with van der Waals surface area (Å²) in [6, 6.07) is 11.7.